The van der Waals surface area contributed by atoms with Crippen LogP contribution in [0.2, 0.25) is 0 Å². The molecule has 1 saturated carbocycles. The van der Waals surface area contributed by atoms with Crippen LogP contribution in [0.15, 0.2) is 30.3 Å². The number of carbonyl (C=O) groups is 1. The quantitative estimate of drug-likeness (QED) is 0.817. The molecule has 1 aliphatic rings. The Hall–Kier alpha value is -1.71. The van der Waals surface area contributed by atoms with Crippen LogP contribution in [-0.4, -0.2) is 12.2 Å². The van der Waals surface area contributed by atoms with Crippen LogP contribution in [0.4, 0.5) is 10.5 Å². The predicted octanol–water partition coefficient (Wildman–Crippen LogP) is 4.20. The van der Waals surface area contributed by atoms with Gasteiger partial charge in [-0.25, -0.2) is 10.2 Å². The molecular weight excluding hydrogens is 264 g/mol. The van der Waals surface area contributed by atoms with E-state index in [9.17, 15) is 4.79 Å². The Morgan fingerprint density at radius 1 is 1.24 bits per heavy atom. The second kappa shape index (κ2) is 7.34. The maximum absolute atomic E-state index is 12.0. The molecule has 116 valence electrons. The average molecular weight is 290 g/mol. The molecule has 2 rings (SSSR count). The molecule has 1 aliphatic carbocycles. The number of para-hydroxylation sites is 1. The van der Waals surface area contributed by atoms with Gasteiger partial charge in [-0.15, -0.1) is 0 Å². The molecule has 1 aromatic rings. The topological polar surface area (TPSA) is 50.4 Å². The fourth-order valence-electron chi connectivity index (χ4n) is 3.06. The third-order valence-corrected chi connectivity index (χ3v) is 4.30. The number of hydrogen-bond acceptors (Lipinski definition) is 3. The monoisotopic (exact) mass is 290 g/mol. The van der Waals surface area contributed by atoms with Crippen molar-refractivity contribution < 1.29 is 9.53 Å². The van der Waals surface area contributed by atoms with Crippen LogP contribution in [0.25, 0.3) is 0 Å². The third-order valence-electron chi connectivity index (χ3n) is 4.30. The van der Waals surface area contributed by atoms with E-state index in [0.717, 1.165) is 18.5 Å². The summed E-state index contributed by atoms with van der Waals surface area (Å²) in [5.74, 6) is 1.63. The van der Waals surface area contributed by atoms with E-state index >= 15 is 0 Å². The largest absolute Gasteiger partial charge is 0.445 e. The summed E-state index contributed by atoms with van der Waals surface area (Å²) in [6.07, 6.45) is 2.95. The van der Waals surface area contributed by atoms with Gasteiger partial charge >= 0.3 is 6.09 Å². The summed E-state index contributed by atoms with van der Waals surface area (Å²) >= 11 is 0. The van der Waals surface area contributed by atoms with Crippen LogP contribution >= 0.6 is 0 Å². The lowest BCUT2D eigenvalue weighted by molar-refractivity contribution is 0.00701. The second-order valence-corrected chi connectivity index (χ2v) is 6.39. The van der Waals surface area contributed by atoms with E-state index in [1.807, 2.05) is 30.3 Å². The molecule has 0 radical (unpaired) electrons. The molecular formula is C17H26N2O2. The van der Waals surface area contributed by atoms with Crippen molar-refractivity contribution in [3.8, 4) is 0 Å². The van der Waals surface area contributed by atoms with Crippen molar-refractivity contribution >= 4 is 11.8 Å². The van der Waals surface area contributed by atoms with Crippen molar-refractivity contribution in [1.82, 2.24) is 5.43 Å². The number of benzene rings is 1. The van der Waals surface area contributed by atoms with E-state index in [1.54, 1.807) is 0 Å². The fourth-order valence-corrected chi connectivity index (χ4v) is 3.06. The Morgan fingerprint density at radius 2 is 1.95 bits per heavy atom. The summed E-state index contributed by atoms with van der Waals surface area (Å²) < 4.78 is 5.64. The van der Waals surface area contributed by atoms with Gasteiger partial charge in [-0.3, -0.25) is 5.43 Å². The number of anilines is 1. The lowest BCUT2D eigenvalue weighted by Crippen LogP contribution is -2.40. The van der Waals surface area contributed by atoms with Gasteiger partial charge in [0.05, 0.1) is 5.69 Å². The van der Waals surface area contributed by atoms with Gasteiger partial charge in [0.15, 0.2) is 0 Å². The number of rotatable bonds is 4. The highest BCUT2D eigenvalue weighted by atomic mass is 16.6. The third kappa shape index (κ3) is 4.66. The van der Waals surface area contributed by atoms with Gasteiger partial charge in [-0.1, -0.05) is 45.4 Å². The Labute approximate surface area is 127 Å². The van der Waals surface area contributed by atoms with Gasteiger partial charge in [0.2, 0.25) is 0 Å². The number of amides is 1. The van der Waals surface area contributed by atoms with Crippen molar-refractivity contribution in [3.63, 3.8) is 0 Å². The summed E-state index contributed by atoms with van der Waals surface area (Å²) in [4.78, 5) is 12.0. The van der Waals surface area contributed by atoms with Crippen LogP contribution in [0.5, 0.6) is 0 Å². The van der Waals surface area contributed by atoms with Gasteiger partial charge in [-0.2, -0.15) is 0 Å². The predicted molar refractivity (Wildman–Crippen MR) is 84.8 cm³/mol. The lowest BCUT2D eigenvalue weighted by atomic mass is 9.75. The van der Waals surface area contributed by atoms with Gasteiger partial charge in [0.1, 0.15) is 6.10 Å². The van der Waals surface area contributed by atoms with Gasteiger partial charge in [0, 0.05) is 0 Å². The van der Waals surface area contributed by atoms with Gasteiger partial charge in [-0.05, 0) is 42.7 Å². The minimum Gasteiger partial charge on any atom is -0.445 e. The van der Waals surface area contributed by atoms with E-state index < -0.39 is 6.09 Å². The summed E-state index contributed by atoms with van der Waals surface area (Å²) in [5.41, 5.74) is 6.31. The molecule has 1 aromatic carbocycles. The van der Waals surface area contributed by atoms with E-state index in [2.05, 4.69) is 31.6 Å². The summed E-state index contributed by atoms with van der Waals surface area (Å²) in [5, 5.41) is 0. The highest BCUT2D eigenvalue weighted by molar-refractivity contribution is 5.69. The molecule has 1 amide bonds. The van der Waals surface area contributed by atoms with E-state index in [4.69, 9.17) is 4.74 Å². The van der Waals surface area contributed by atoms with E-state index in [1.165, 1.54) is 6.42 Å². The maximum atomic E-state index is 12.0. The van der Waals surface area contributed by atoms with Crippen LogP contribution in [0.1, 0.15) is 40.0 Å². The van der Waals surface area contributed by atoms with Crippen molar-refractivity contribution in [3.05, 3.63) is 30.3 Å². The number of ether oxygens (including phenoxy) is 1. The molecule has 4 heteroatoms. The molecule has 3 unspecified atom stereocenters. The molecule has 0 saturated heterocycles. The highest BCUT2D eigenvalue weighted by Gasteiger charge is 2.33. The summed E-state index contributed by atoms with van der Waals surface area (Å²) in [7, 11) is 0. The standard InChI is InChI=1S/C17H26N2O2/c1-12(2)15-10-9-13(3)11-16(15)21-17(20)19-18-14-7-5-4-6-8-14/h4-8,12-13,15-16,18H,9-11H2,1-3H3,(H,19,20). The van der Waals surface area contributed by atoms with Crippen molar-refractivity contribution in [2.24, 2.45) is 17.8 Å². The first-order valence-corrected chi connectivity index (χ1v) is 7.84. The molecule has 21 heavy (non-hydrogen) atoms. The molecule has 3 atom stereocenters. The van der Waals surface area contributed by atoms with Crippen molar-refractivity contribution in [2.45, 2.75) is 46.1 Å². The normalized spacial score (nSPS) is 25.4. The zero-order valence-electron chi connectivity index (χ0n) is 13.1. The minimum atomic E-state index is -0.399. The SMILES string of the molecule is CC1CCC(C(C)C)C(OC(=O)NNc2ccccc2)C1. The lowest BCUT2D eigenvalue weighted by Gasteiger charge is -2.36. The molecule has 1 fully saturated rings. The molecule has 0 bridgehead atoms. The van der Waals surface area contributed by atoms with Crippen LogP contribution < -0.4 is 10.9 Å². The average Bonchev–Trinajstić information content (AvgIpc) is 2.46. The Bertz CT molecular complexity index is 447. The Balaban J connectivity index is 1.85. The van der Waals surface area contributed by atoms with E-state index in [0.29, 0.717) is 17.8 Å². The van der Waals surface area contributed by atoms with Crippen LogP contribution in [0, 0.1) is 17.8 Å². The molecule has 2 N–H and O–H groups in total. The highest BCUT2D eigenvalue weighted by Crippen LogP contribution is 2.35. The zero-order chi connectivity index (χ0) is 15.2. The Kier molecular flexibility index (Phi) is 5.48. The molecule has 0 heterocycles. The first-order chi connectivity index (χ1) is 10.1. The number of hydrogen-bond donors (Lipinski definition) is 2. The fraction of sp³-hybridized carbons (Fsp3) is 0.588. The first-order valence-electron chi connectivity index (χ1n) is 7.84. The van der Waals surface area contributed by atoms with Crippen molar-refractivity contribution in [1.29, 1.82) is 0 Å². The molecule has 0 aromatic heterocycles. The van der Waals surface area contributed by atoms with Crippen LogP contribution in [-0.2, 0) is 4.74 Å². The van der Waals surface area contributed by atoms with Gasteiger partial charge < -0.3 is 4.74 Å². The van der Waals surface area contributed by atoms with E-state index in [-0.39, 0.29) is 6.10 Å². The second-order valence-electron chi connectivity index (χ2n) is 6.39. The first kappa shape index (κ1) is 15.7. The number of hydrazine groups is 1. The van der Waals surface area contributed by atoms with Gasteiger partial charge in [0.25, 0.3) is 0 Å². The minimum absolute atomic E-state index is 0.0197. The number of nitrogens with one attached hydrogen (secondary N) is 2. The maximum Gasteiger partial charge on any atom is 0.426 e. The molecule has 4 nitrogen and oxygen atoms in total. The number of carbonyl (C=O) groups excluding carboxylic acids is 1. The Morgan fingerprint density at radius 3 is 2.62 bits per heavy atom. The summed E-state index contributed by atoms with van der Waals surface area (Å²) in [6.45, 7) is 6.64. The summed E-state index contributed by atoms with van der Waals surface area (Å²) in [6, 6.07) is 9.53. The zero-order valence-corrected chi connectivity index (χ0v) is 13.1. The smallest absolute Gasteiger partial charge is 0.426 e. The van der Waals surface area contributed by atoms with Crippen LogP contribution in [0.3, 0.4) is 0 Å². The molecule has 0 spiro atoms. The molecule has 0 aliphatic heterocycles. The van der Waals surface area contributed by atoms with Crippen molar-refractivity contribution in [2.75, 3.05) is 5.43 Å².